The first-order chi connectivity index (χ1) is 7.70. The average molecular weight is 231 g/mol. The van der Waals surface area contributed by atoms with E-state index in [1.165, 1.54) is 22.5 Å². The number of aldehydes is 1. The van der Waals surface area contributed by atoms with Gasteiger partial charge in [0.2, 0.25) is 0 Å². The maximum Gasteiger partial charge on any atom is 0.126 e. The molecule has 1 aromatic carbocycles. The Labute approximate surface area is 99.0 Å². The van der Waals surface area contributed by atoms with Gasteiger partial charge in [-0.05, 0) is 19.4 Å². The maximum atomic E-state index is 10.4. The topological polar surface area (TPSA) is 30.0 Å². The molecule has 82 valence electrons. The molecule has 0 unspecified atom stereocenters. The second kappa shape index (κ2) is 4.58. The standard InChI is InChI=1S/C13H13NOS/c1-9-3-4-11(10(2)7-9)12-8-16-13(14-12)5-6-15/h3-4,6-8H,5H2,1-2H3. The van der Waals surface area contributed by atoms with Crippen molar-refractivity contribution in [1.29, 1.82) is 0 Å². The molecule has 2 rings (SSSR count). The third-order valence-corrected chi connectivity index (χ3v) is 3.34. The molecule has 3 heteroatoms. The van der Waals surface area contributed by atoms with Gasteiger partial charge in [-0.1, -0.05) is 23.8 Å². The molecule has 0 bridgehead atoms. The SMILES string of the molecule is Cc1ccc(-c2csc(CC=O)n2)c(C)c1. The summed E-state index contributed by atoms with van der Waals surface area (Å²) in [5.74, 6) is 0. The molecule has 2 nitrogen and oxygen atoms in total. The molecule has 0 radical (unpaired) electrons. The van der Waals surface area contributed by atoms with Crippen LogP contribution in [-0.4, -0.2) is 11.3 Å². The third-order valence-electron chi connectivity index (χ3n) is 2.47. The van der Waals surface area contributed by atoms with E-state index in [9.17, 15) is 4.79 Å². The number of hydrogen-bond donors (Lipinski definition) is 0. The van der Waals surface area contributed by atoms with Crippen molar-refractivity contribution in [2.45, 2.75) is 20.3 Å². The summed E-state index contributed by atoms with van der Waals surface area (Å²) in [5, 5.41) is 2.89. The predicted octanol–water partition coefficient (Wildman–Crippen LogP) is 3.17. The van der Waals surface area contributed by atoms with Crippen LogP contribution in [0.4, 0.5) is 0 Å². The first kappa shape index (κ1) is 11.0. The molecular weight excluding hydrogens is 218 g/mol. The molecule has 0 amide bonds. The van der Waals surface area contributed by atoms with Crippen LogP contribution in [-0.2, 0) is 11.2 Å². The lowest BCUT2D eigenvalue weighted by Crippen LogP contribution is -1.87. The number of rotatable bonds is 3. The van der Waals surface area contributed by atoms with Crippen molar-refractivity contribution >= 4 is 17.6 Å². The van der Waals surface area contributed by atoms with Crippen molar-refractivity contribution in [3.05, 3.63) is 39.7 Å². The van der Waals surface area contributed by atoms with Crippen LogP contribution in [0, 0.1) is 13.8 Å². The molecule has 1 heterocycles. The van der Waals surface area contributed by atoms with E-state index in [1.807, 2.05) is 5.38 Å². The van der Waals surface area contributed by atoms with Gasteiger partial charge in [-0.2, -0.15) is 0 Å². The van der Waals surface area contributed by atoms with Crippen LogP contribution in [0.3, 0.4) is 0 Å². The van der Waals surface area contributed by atoms with E-state index >= 15 is 0 Å². The fourth-order valence-corrected chi connectivity index (χ4v) is 2.44. The number of hydrogen-bond acceptors (Lipinski definition) is 3. The molecule has 2 aromatic rings. The van der Waals surface area contributed by atoms with Crippen molar-refractivity contribution in [1.82, 2.24) is 4.98 Å². The van der Waals surface area contributed by atoms with Gasteiger partial charge in [0.1, 0.15) is 11.3 Å². The fraction of sp³-hybridized carbons (Fsp3) is 0.231. The number of aromatic nitrogens is 1. The zero-order chi connectivity index (χ0) is 11.5. The van der Waals surface area contributed by atoms with Gasteiger partial charge in [-0.3, -0.25) is 0 Å². The molecular formula is C13H13NOS. The first-order valence-electron chi connectivity index (χ1n) is 5.16. The Bertz CT molecular complexity index is 516. The second-order valence-corrected chi connectivity index (χ2v) is 4.76. The second-order valence-electron chi connectivity index (χ2n) is 3.82. The van der Waals surface area contributed by atoms with Gasteiger partial charge in [-0.25, -0.2) is 4.98 Å². The quantitative estimate of drug-likeness (QED) is 0.759. The van der Waals surface area contributed by atoms with Crippen molar-refractivity contribution in [3.8, 4) is 11.3 Å². The summed E-state index contributed by atoms with van der Waals surface area (Å²) >= 11 is 1.54. The number of benzene rings is 1. The van der Waals surface area contributed by atoms with Crippen LogP contribution in [0.15, 0.2) is 23.6 Å². The number of carbonyl (C=O) groups excluding carboxylic acids is 1. The molecule has 0 atom stereocenters. The molecule has 0 aliphatic carbocycles. The lowest BCUT2D eigenvalue weighted by molar-refractivity contribution is -0.107. The normalized spacial score (nSPS) is 10.4. The fourth-order valence-electron chi connectivity index (χ4n) is 1.70. The van der Waals surface area contributed by atoms with Crippen LogP contribution in [0.25, 0.3) is 11.3 Å². The molecule has 0 fully saturated rings. The molecule has 0 saturated carbocycles. The van der Waals surface area contributed by atoms with Crippen LogP contribution in [0.5, 0.6) is 0 Å². The Kier molecular flexibility index (Phi) is 3.15. The maximum absolute atomic E-state index is 10.4. The number of aryl methyl sites for hydroxylation is 2. The number of carbonyl (C=O) groups is 1. The number of thiazole rings is 1. The summed E-state index contributed by atoms with van der Waals surface area (Å²) in [7, 11) is 0. The minimum Gasteiger partial charge on any atom is -0.303 e. The summed E-state index contributed by atoms with van der Waals surface area (Å²) in [5.41, 5.74) is 4.60. The largest absolute Gasteiger partial charge is 0.303 e. The van der Waals surface area contributed by atoms with E-state index in [0.717, 1.165) is 22.6 Å². The highest BCUT2D eigenvalue weighted by Gasteiger charge is 2.06. The van der Waals surface area contributed by atoms with Crippen LogP contribution in [0.2, 0.25) is 0 Å². The summed E-state index contributed by atoms with van der Waals surface area (Å²) in [6.07, 6.45) is 1.31. The minimum atomic E-state index is 0.412. The third kappa shape index (κ3) is 2.19. The Morgan fingerprint density at radius 1 is 1.38 bits per heavy atom. The van der Waals surface area contributed by atoms with Crippen LogP contribution < -0.4 is 0 Å². The highest BCUT2D eigenvalue weighted by atomic mass is 32.1. The van der Waals surface area contributed by atoms with Crippen molar-refractivity contribution in [2.24, 2.45) is 0 Å². The Morgan fingerprint density at radius 2 is 2.19 bits per heavy atom. The molecule has 0 aliphatic heterocycles. The van der Waals surface area contributed by atoms with Crippen LogP contribution >= 0.6 is 11.3 Å². The summed E-state index contributed by atoms with van der Waals surface area (Å²) in [6, 6.07) is 6.32. The first-order valence-corrected chi connectivity index (χ1v) is 6.04. The van der Waals surface area contributed by atoms with E-state index in [2.05, 4.69) is 37.0 Å². The van der Waals surface area contributed by atoms with E-state index in [0.29, 0.717) is 6.42 Å². The monoisotopic (exact) mass is 231 g/mol. The molecule has 0 aliphatic rings. The van der Waals surface area contributed by atoms with Gasteiger partial charge >= 0.3 is 0 Å². The van der Waals surface area contributed by atoms with Gasteiger partial charge in [-0.15, -0.1) is 11.3 Å². The lowest BCUT2D eigenvalue weighted by atomic mass is 10.0. The van der Waals surface area contributed by atoms with Crippen molar-refractivity contribution in [3.63, 3.8) is 0 Å². The van der Waals surface area contributed by atoms with E-state index in [1.54, 1.807) is 0 Å². The van der Waals surface area contributed by atoms with E-state index in [-0.39, 0.29) is 0 Å². The highest BCUT2D eigenvalue weighted by Crippen LogP contribution is 2.25. The van der Waals surface area contributed by atoms with Gasteiger partial charge in [0.25, 0.3) is 0 Å². The lowest BCUT2D eigenvalue weighted by Gasteiger charge is -2.03. The van der Waals surface area contributed by atoms with Crippen LogP contribution in [0.1, 0.15) is 16.1 Å². The average Bonchev–Trinajstić information content (AvgIpc) is 2.67. The Balaban J connectivity index is 2.38. The highest BCUT2D eigenvalue weighted by molar-refractivity contribution is 7.10. The molecule has 0 spiro atoms. The molecule has 16 heavy (non-hydrogen) atoms. The van der Waals surface area contributed by atoms with Gasteiger partial charge in [0.15, 0.2) is 0 Å². The van der Waals surface area contributed by atoms with Gasteiger partial charge < -0.3 is 4.79 Å². The predicted molar refractivity (Wildman–Crippen MR) is 66.8 cm³/mol. The summed E-state index contributed by atoms with van der Waals surface area (Å²) < 4.78 is 0. The number of nitrogens with zero attached hydrogens (tertiary/aromatic N) is 1. The zero-order valence-electron chi connectivity index (χ0n) is 9.36. The van der Waals surface area contributed by atoms with Gasteiger partial charge in [0.05, 0.1) is 12.1 Å². The summed E-state index contributed by atoms with van der Waals surface area (Å²) in [6.45, 7) is 4.16. The molecule has 0 N–H and O–H groups in total. The van der Waals surface area contributed by atoms with Crippen molar-refractivity contribution < 1.29 is 4.79 Å². The van der Waals surface area contributed by atoms with Gasteiger partial charge in [0, 0.05) is 10.9 Å². The van der Waals surface area contributed by atoms with Crippen molar-refractivity contribution in [2.75, 3.05) is 0 Å². The smallest absolute Gasteiger partial charge is 0.126 e. The van der Waals surface area contributed by atoms with E-state index in [4.69, 9.17) is 0 Å². The molecule has 0 saturated heterocycles. The van der Waals surface area contributed by atoms with E-state index < -0.39 is 0 Å². The Morgan fingerprint density at radius 3 is 2.88 bits per heavy atom. The summed E-state index contributed by atoms with van der Waals surface area (Å²) in [4.78, 5) is 14.8. The minimum absolute atomic E-state index is 0.412. The zero-order valence-corrected chi connectivity index (χ0v) is 10.2. The Hall–Kier alpha value is -1.48. The molecule has 1 aromatic heterocycles.